The van der Waals surface area contributed by atoms with E-state index in [1.54, 1.807) is 0 Å². The summed E-state index contributed by atoms with van der Waals surface area (Å²) in [6, 6.07) is 7.02. The number of ether oxygens (including phenoxy) is 1. The zero-order valence-electron chi connectivity index (χ0n) is 23.8. The van der Waals surface area contributed by atoms with Crippen molar-refractivity contribution in [1.29, 1.82) is 0 Å². The van der Waals surface area contributed by atoms with Gasteiger partial charge in [0.05, 0.1) is 12.7 Å². The van der Waals surface area contributed by atoms with E-state index in [0.29, 0.717) is 44.7 Å². The average molecular weight is 542 g/mol. The molecule has 4 atom stereocenters. The molecule has 0 saturated carbocycles. The van der Waals surface area contributed by atoms with Gasteiger partial charge in [0.15, 0.2) is 0 Å². The van der Waals surface area contributed by atoms with Gasteiger partial charge in [-0.05, 0) is 55.1 Å². The molecule has 0 aliphatic carbocycles. The van der Waals surface area contributed by atoms with E-state index in [9.17, 15) is 14.7 Å². The first-order valence-corrected chi connectivity index (χ1v) is 13.8. The van der Waals surface area contributed by atoms with Crippen molar-refractivity contribution in [3.63, 3.8) is 0 Å². The summed E-state index contributed by atoms with van der Waals surface area (Å²) in [6.45, 7) is 14.5. The van der Waals surface area contributed by atoms with Crippen LogP contribution in [0, 0.1) is 23.7 Å². The average Bonchev–Trinajstić information content (AvgIpc) is 2.84. The summed E-state index contributed by atoms with van der Waals surface area (Å²) >= 11 is 0. The first-order valence-electron chi connectivity index (χ1n) is 13.8. The summed E-state index contributed by atoms with van der Waals surface area (Å²) in [4.78, 5) is 25.6. The highest BCUT2D eigenvalue weighted by Gasteiger charge is 2.29. The topological polar surface area (TPSA) is 114 Å². The van der Waals surface area contributed by atoms with Crippen molar-refractivity contribution in [2.24, 2.45) is 29.4 Å². The number of nitrogens with two attached hydrogens (primary N) is 1. The van der Waals surface area contributed by atoms with E-state index in [2.05, 4.69) is 38.3 Å². The minimum Gasteiger partial charge on any atom is -0.391 e. The van der Waals surface area contributed by atoms with Gasteiger partial charge >= 0.3 is 0 Å². The number of unbranched alkanes of at least 4 members (excludes halogenated alkanes) is 1. The summed E-state index contributed by atoms with van der Waals surface area (Å²) in [5.74, 6) is 0.0394. The number of benzene rings is 1. The smallest absolute Gasteiger partial charge is 0.251 e. The van der Waals surface area contributed by atoms with Crippen molar-refractivity contribution in [2.75, 3.05) is 19.7 Å². The maximum absolute atomic E-state index is 13.0. The van der Waals surface area contributed by atoms with Crippen LogP contribution >= 0.6 is 12.4 Å². The van der Waals surface area contributed by atoms with Crippen LogP contribution in [-0.2, 0) is 16.1 Å². The number of halogens is 1. The van der Waals surface area contributed by atoms with Crippen LogP contribution < -0.4 is 16.4 Å². The molecule has 0 unspecified atom stereocenters. The molecule has 0 aliphatic heterocycles. The Hall–Kier alpha value is -1.67. The van der Waals surface area contributed by atoms with Gasteiger partial charge in [-0.25, -0.2) is 0 Å². The van der Waals surface area contributed by atoms with Crippen molar-refractivity contribution in [1.82, 2.24) is 10.6 Å². The van der Waals surface area contributed by atoms with Crippen LogP contribution in [0.25, 0.3) is 0 Å². The molecular formula is C29H52ClN3O4. The number of amides is 2. The number of carbonyl (C=O) groups excluding carboxylic acids is 2. The zero-order valence-corrected chi connectivity index (χ0v) is 24.6. The highest BCUT2D eigenvalue weighted by atomic mass is 35.5. The molecule has 0 radical (unpaired) electrons. The van der Waals surface area contributed by atoms with Crippen molar-refractivity contribution in [3.8, 4) is 0 Å². The van der Waals surface area contributed by atoms with E-state index < -0.39 is 12.1 Å². The van der Waals surface area contributed by atoms with Gasteiger partial charge in [-0.3, -0.25) is 9.59 Å². The lowest BCUT2D eigenvalue weighted by molar-refractivity contribution is -0.127. The summed E-state index contributed by atoms with van der Waals surface area (Å²) in [6.07, 6.45) is 2.99. The number of carbonyl (C=O) groups is 2. The lowest BCUT2D eigenvalue weighted by Crippen LogP contribution is -2.44. The minimum atomic E-state index is -0.789. The van der Waals surface area contributed by atoms with Crippen LogP contribution in [0.15, 0.2) is 24.3 Å². The lowest BCUT2D eigenvalue weighted by Gasteiger charge is -2.30. The second kappa shape index (κ2) is 19.4. The van der Waals surface area contributed by atoms with Gasteiger partial charge in [-0.2, -0.15) is 0 Å². The third-order valence-electron chi connectivity index (χ3n) is 6.87. The van der Waals surface area contributed by atoms with Gasteiger partial charge in [0.1, 0.15) is 0 Å². The number of nitrogens with one attached hydrogen (secondary N) is 2. The summed E-state index contributed by atoms with van der Waals surface area (Å²) in [5.41, 5.74) is 7.91. The van der Waals surface area contributed by atoms with E-state index in [1.165, 1.54) is 0 Å². The van der Waals surface area contributed by atoms with Crippen molar-refractivity contribution in [2.45, 2.75) is 92.4 Å². The largest absolute Gasteiger partial charge is 0.391 e. The van der Waals surface area contributed by atoms with Gasteiger partial charge in [0, 0.05) is 37.2 Å². The fourth-order valence-corrected chi connectivity index (χ4v) is 4.25. The van der Waals surface area contributed by atoms with E-state index in [-0.39, 0.29) is 47.9 Å². The van der Waals surface area contributed by atoms with E-state index >= 15 is 0 Å². The number of hydrogen-bond acceptors (Lipinski definition) is 5. The number of rotatable bonds is 18. The molecule has 1 aromatic carbocycles. The minimum absolute atomic E-state index is 0. The molecule has 0 saturated heterocycles. The maximum atomic E-state index is 13.0. The van der Waals surface area contributed by atoms with Crippen molar-refractivity contribution in [3.05, 3.63) is 35.4 Å². The molecule has 0 bridgehead atoms. The number of aliphatic hydroxyl groups is 1. The maximum Gasteiger partial charge on any atom is 0.251 e. The molecule has 8 heteroatoms. The molecule has 2 amide bonds. The Labute approximate surface area is 231 Å². The van der Waals surface area contributed by atoms with Crippen LogP contribution in [0.4, 0.5) is 0 Å². The highest BCUT2D eigenvalue weighted by molar-refractivity contribution is 5.95. The van der Waals surface area contributed by atoms with E-state index in [4.69, 9.17) is 10.5 Å². The Morgan fingerprint density at radius 3 is 2.27 bits per heavy atom. The van der Waals surface area contributed by atoms with Crippen molar-refractivity contribution >= 4 is 24.2 Å². The third kappa shape index (κ3) is 13.1. The standard InChI is InChI=1S/C29H51N3O4.ClH/c1-7-9-14-31-29(35)25(21(5)6)17-27(33)26(30)16-23(20(3)4)18-32-28(34)24-13-11-10-12-22(24)19-36-15-8-2;/h10-13,20-21,23,25-27,33H,7-9,14-19,30H2,1-6H3,(H,31,35)(H,32,34);1H/t23-,25+,26+,27+;/m1./s1. The second-order valence-corrected chi connectivity index (χ2v) is 10.6. The Morgan fingerprint density at radius 2 is 1.68 bits per heavy atom. The van der Waals surface area contributed by atoms with Gasteiger partial charge in [0.2, 0.25) is 5.91 Å². The molecule has 0 aromatic heterocycles. The van der Waals surface area contributed by atoms with Gasteiger partial charge in [-0.1, -0.05) is 66.2 Å². The zero-order chi connectivity index (χ0) is 27.1. The predicted octanol–water partition coefficient (Wildman–Crippen LogP) is 4.69. The summed E-state index contributed by atoms with van der Waals surface area (Å²) in [5, 5.41) is 16.9. The van der Waals surface area contributed by atoms with E-state index in [0.717, 1.165) is 24.8 Å². The summed E-state index contributed by atoms with van der Waals surface area (Å²) < 4.78 is 5.64. The first-order chi connectivity index (χ1) is 17.1. The Morgan fingerprint density at radius 1 is 1.00 bits per heavy atom. The molecule has 1 aromatic rings. The predicted molar refractivity (Wildman–Crippen MR) is 154 cm³/mol. The van der Waals surface area contributed by atoms with Crippen LogP contribution in [0.2, 0.25) is 0 Å². The monoisotopic (exact) mass is 541 g/mol. The molecule has 0 heterocycles. The Balaban J connectivity index is 0.0000130. The van der Waals surface area contributed by atoms with Gasteiger partial charge in [0.25, 0.3) is 5.91 Å². The quantitative estimate of drug-likeness (QED) is 0.201. The molecule has 0 fully saturated rings. The molecular weight excluding hydrogens is 490 g/mol. The molecule has 0 aliphatic rings. The highest BCUT2D eigenvalue weighted by Crippen LogP contribution is 2.23. The third-order valence-corrected chi connectivity index (χ3v) is 6.87. The lowest BCUT2D eigenvalue weighted by atomic mass is 9.83. The molecule has 0 spiro atoms. The Kier molecular flexibility index (Phi) is 18.5. The summed E-state index contributed by atoms with van der Waals surface area (Å²) in [7, 11) is 0. The molecule has 7 nitrogen and oxygen atoms in total. The number of hydrogen-bond donors (Lipinski definition) is 4. The van der Waals surface area contributed by atoms with Gasteiger partial charge in [-0.15, -0.1) is 12.4 Å². The van der Waals surface area contributed by atoms with Crippen LogP contribution in [0.5, 0.6) is 0 Å². The molecule has 37 heavy (non-hydrogen) atoms. The van der Waals surface area contributed by atoms with Crippen LogP contribution in [0.3, 0.4) is 0 Å². The van der Waals surface area contributed by atoms with Crippen LogP contribution in [-0.4, -0.2) is 48.8 Å². The molecule has 214 valence electrons. The fraction of sp³-hybridized carbons (Fsp3) is 0.724. The second-order valence-electron chi connectivity index (χ2n) is 10.6. The van der Waals surface area contributed by atoms with Crippen molar-refractivity contribution < 1.29 is 19.4 Å². The van der Waals surface area contributed by atoms with Gasteiger partial charge < -0.3 is 26.2 Å². The molecule has 5 N–H and O–H groups in total. The first kappa shape index (κ1) is 35.3. The normalized spacial score (nSPS) is 14.5. The fourth-order valence-electron chi connectivity index (χ4n) is 4.25. The van der Waals surface area contributed by atoms with Crippen LogP contribution in [0.1, 0.15) is 89.6 Å². The molecule has 1 rings (SSSR count). The van der Waals surface area contributed by atoms with E-state index in [1.807, 2.05) is 38.1 Å². The number of aliphatic hydroxyl groups excluding tert-OH is 1. The SMILES string of the molecule is CCCCNC(=O)[C@@H](C[C@H](O)[C@@H](N)C[C@H](CNC(=O)c1ccccc1COCCC)C(C)C)C(C)C.Cl. The Bertz CT molecular complexity index is 775.